The van der Waals surface area contributed by atoms with Crippen LogP contribution < -0.4 is 5.32 Å². The van der Waals surface area contributed by atoms with Crippen molar-refractivity contribution in [2.24, 2.45) is 0 Å². The molecule has 0 radical (unpaired) electrons. The lowest BCUT2D eigenvalue weighted by Gasteiger charge is -2.19. The molecule has 2 rings (SSSR count). The van der Waals surface area contributed by atoms with Crippen LogP contribution in [0.25, 0.3) is 0 Å². The maximum atomic E-state index is 12.8. The Bertz CT molecular complexity index is 588. The maximum Gasteiger partial charge on any atom is 0.247 e. The highest BCUT2D eigenvalue weighted by atomic mass is 32.2. The first-order valence-corrected chi connectivity index (χ1v) is 8.87. The van der Waals surface area contributed by atoms with Crippen molar-refractivity contribution in [3.05, 3.63) is 30.2 Å². The number of sulfonamides is 1. The first-order chi connectivity index (χ1) is 10.0. The third-order valence-electron chi connectivity index (χ3n) is 3.50. The highest BCUT2D eigenvalue weighted by Crippen LogP contribution is 2.33. The predicted molar refractivity (Wildman–Crippen MR) is 82.6 cm³/mol. The summed E-state index contributed by atoms with van der Waals surface area (Å²) in [7, 11) is -3.50. The lowest BCUT2D eigenvalue weighted by Crippen LogP contribution is -2.33. The van der Waals surface area contributed by atoms with Gasteiger partial charge in [0.1, 0.15) is 16.4 Å². The molecule has 1 aromatic heterocycles. The van der Waals surface area contributed by atoms with Crippen molar-refractivity contribution in [1.29, 1.82) is 0 Å². The summed E-state index contributed by atoms with van der Waals surface area (Å²) in [5, 5.41) is 3.21. The highest BCUT2D eigenvalue weighted by Gasteiger charge is 2.38. The molecule has 0 aromatic carbocycles. The van der Waals surface area contributed by atoms with E-state index in [1.165, 1.54) is 4.31 Å². The smallest absolute Gasteiger partial charge is 0.247 e. The van der Waals surface area contributed by atoms with Gasteiger partial charge in [0.15, 0.2) is 0 Å². The molecule has 1 aliphatic rings. The standard InChI is InChI=1S/C15H24N2O3S/c1-4-8-16-11-14-10-15(12(3)20-14)21(18,19)17(9-5-2)13-6-7-13/h5,10,13,16H,2,4,6-9,11H2,1,3H3. The van der Waals surface area contributed by atoms with E-state index in [0.717, 1.165) is 25.8 Å². The third kappa shape index (κ3) is 3.75. The van der Waals surface area contributed by atoms with Crippen molar-refractivity contribution in [2.45, 2.75) is 50.6 Å². The minimum atomic E-state index is -3.50. The molecule has 6 heteroatoms. The van der Waals surface area contributed by atoms with Crippen LogP contribution in [-0.2, 0) is 16.6 Å². The van der Waals surface area contributed by atoms with Crippen LogP contribution in [0.3, 0.4) is 0 Å². The second-order valence-corrected chi connectivity index (χ2v) is 7.26. The van der Waals surface area contributed by atoms with Gasteiger partial charge in [-0.1, -0.05) is 13.0 Å². The van der Waals surface area contributed by atoms with Crippen LogP contribution in [0.4, 0.5) is 0 Å². The van der Waals surface area contributed by atoms with E-state index in [4.69, 9.17) is 4.42 Å². The van der Waals surface area contributed by atoms with Crippen LogP contribution >= 0.6 is 0 Å². The zero-order valence-electron chi connectivity index (χ0n) is 12.8. The van der Waals surface area contributed by atoms with Gasteiger partial charge in [0.05, 0.1) is 6.54 Å². The summed E-state index contributed by atoms with van der Waals surface area (Å²) in [5.74, 6) is 1.12. The predicted octanol–water partition coefficient (Wildman–Crippen LogP) is 2.43. The summed E-state index contributed by atoms with van der Waals surface area (Å²) in [6.45, 7) is 9.22. The topological polar surface area (TPSA) is 62.6 Å². The van der Waals surface area contributed by atoms with E-state index >= 15 is 0 Å². The van der Waals surface area contributed by atoms with Crippen LogP contribution in [0.15, 0.2) is 28.0 Å². The number of furan rings is 1. The SMILES string of the molecule is C=CCN(C1CC1)S(=O)(=O)c1cc(CNCCC)oc1C. The maximum absolute atomic E-state index is 12.8. The Hall–Kier alpha value is -1.11. The number of aryl methyl sites for hydroxylation is 1. The van der Waals surface area contributed by atoms with E-state index in [1.807, 2.05) is 0 Å². The molecule has 1 heterocycles. The Morgan fingerprint density at radius 3 is 2.81 bits per heavy atom. The van der Waals surface area contributed by atoms with Gasteiger partial charge in [-0.25, -0.2) is 8.42 Å². The Morgan fingerprint density at radius 1 is 1.52 bits per heavy atom. The molecule has 0 unspecified atom stereocenters. The van der Waals surface area contributed by atoms with Crippen LogP contribution in [0.1, 0.15) is 37.7 Å². The lowest BCUT2D eigenvalue weighted by atomic mass is 10.4. The fourth-order valence-electron chi connectivity index (χ4n) is 2.32. The number of nitrogens with one attached hydrogen (secondary N) is 1. The molecule has 0 saturated heterocycles. The fraction of sp³-hybridized carbons (Fsp3) is 0.600. The summed E-state index contributed by atoms with van der Waals surface area (Å²) >= 11 is 0. The molecule has 1 fully saturated rings. The van der Waals surface area contributed by atoms with Crippen molar-refractivity contribution in [1.82, 2.24) is 9.62 Å². The molecule has 1 aliphatic carbocycles. The molecule has 1 N–H and O–H groups in total. The third-order valence-corrected chi connectivity index (χ3v) is 5.52. The summed E-state index contributed by atoms with van der Waals surface area (Å²) in [5.41, 5.74) is 0. The average Bonchev–Trinajstić information content (AvgIpc) is 3.19. The van der Waals surface area contributed by atoms with Gasteiger partial charge >= 0.3 is 0 Å². The minimum Gasteiger partial charge on any atom is -0.464 e. The zero-order valence-corrected chi connectivity index (χ0v) is 13.6. The molecule has 5 nitrogen and oxygen atoms in total. The molecule has 118 valence electrons. The molecular weight excluding hydrogens is 288 g/mol. The van der Waals surface area contributed by atoms with Gasteiger partial charge in [-0.3, -0.25) is 0 Å². The van der Waals surface area contributed by atoms with Gasteiger partial charge < -0.3 is 9.73 Å². The Balaban J connectivity index is 2.20. The molecule has 0 amide bonds. The van der Waals surface area contributed by atoms with Crippen molar-refractivity contribution in [3.8, 4) is 0 Å². The van der Waals surface area contributed by atoms with Gasteiger partial charge in [-0.05, 0) is 32.7 Å². The van der Waals surface area contributed by atoms with Crippen molar-refractivity contribution >= 4 is 10.0 Å². The first-order valence-electron chi connectivity index (χ1n) is 7.43. The van der Waals surface area contributed by atoms with Crippen LogP contribution in [-0.4, -0.2) is 31.9 Å². The van der Waals surface area contributed by atoms with E-state index in [2.05, 4.69) is 18.8 Å². The van der Waals surface area contributed by atoms with Crippen molar-refractivity contribution in [2.75, 3.05) is 13.1 Å². The van der Waals surface area contributed by atoms with Gasteiger partial charge in [0, 0.05) is 18.7 Å². The Kier molecular flexibility index (Phi) is 5.24. The second-order valence-electron chi connectivity index (χ2n) is 5.40. The molecule has 0 spiro atoms. The fourth-order valence-corrected chi connectivity index (χ4v) is 4.16. The van der Waals surface area contributed by atoms with Gasteiger partial charge in [0.25, 0.3) is 0 Å². The molecule has 0 aliphatic heterocycles. The summed E-state index contributed by atoms with van der Waals surface area (Å²) < 4.78 is 32.6. The summed E-state index contributed by atoms with van der Waals surface area (Å²) in [4.78, 5) is 0.282. The van der Waals surface area contributed by atoms with E-state index in [9.17, 15) is 8.42 Å². The van der Waals surface area contributed by atoms with Crippen LogP contribution in [0.5, 0.6) is 0 Å². The Labute approximate surface area is 127 Å². The van der Waals surface area contributed by atoms with Crippen molar-refractivity contribution < 1.29 is 12.8 Å². The summed E-state index contributed by atoms with van der Waals surface area (Å²) in [6, 6.07) is 1.76. The van der Waals surface area contributed by atoms with Crippen LogP contribution in [0, 0.1) is 6.92 Å². The van der Waals surface area contributed by atoms with Gasteiger partial charge in [-0.2, -0.15) is 4.31 Å². The van der Waals surface area contributed by atoms with E-state index in [0.29, 0.717) is 24.6 Å². The van der Waals surface area contributed by atoms with Gasteiger partial charge in [0.2, 0.25) is 10.0 Å². The van der Waals surface area contributed by atoms with E-state index in [1.54, 1.807) is 19.1 Å². The normalized spacial score (nSPS) is 15.6. The van der Waals surface area contributed by atoms with Crippen molar-refractivity contribution in [3.63, 3.8) is 0 Å². The largest absolute Gasteiger partial charge is 0.464 e. The molecular formula is C15H24N2O3S. The molecule has 0 bridgehead atoms. The molecule has 21 heavy (non-hydrogen) atoms. The van der Waals surface area contributed by atoms with E-state index < -0.39 is 10.0 Å². The summed E-state index contributed by atoms with van der Waals surface area (Å²) in [6.07, 6.45) is 4.51. The average molecular weight is 312 g/mol. The molecule has 1 saturated carbocycles. The number of hydrogen-bond acceptors (Lipinski definition) is 4. The monoisotopic (exact) mass is 312 g/mol. The lowest BCUT2D eigenvalue weighted by molar-refractivity contribution is 0.430. The van der Waals surface area contributed by atoms with Crippen LogP contribution in [0.2, 0.25) is 0 Å². The van der Waals surface area contributed by atoms with E-state index in [-0.39, 0.29) is 10.9 Å². The minimum absolute atomic E-state index is 0.115. The number of nitrogens with zero attached hydrogens (tertiary/aromatic N) is 1. The number of rotatable bonds is 9. The second kappa shape index (κ2) is 6.77. The quantitative estimate of drug-likeness (QED) is 0.562. The van der Waals surface area contributed by atoms with Gasteiger partial charge in [-0.15, -0.1) is 6.58 Å². The first kappa shape index (κ1) is 16.3. The Morgan fingerprint density at radius 2 is 2.24 bits per heavy atom. The zero-order chi connectivity index (χ0) is 15.5. The molecule has 0 atom stereocenters. The number of hydrogen-bond donors (Lipinski definition) is 1. The molecule has 1 aromatic rings. The highest BCUT2D eigenvalue weighted by molar-refractivity contribution is 7.89.